The standard InChI is InChI=1S/C14H21N3O/c1-5-15-8-12-6-7-14(18-12)13-9-17(10(2)3)16-11(13)4/h6-7,9-10,15H,5,8H2,1-4H3. The number of hydrogen-bond donors (Lipinski definition) is 1. The highest BCUT2D eigenvalue weighted by Crippen LogP contribution is 2.25. The van der Waals surface area contributed by atoms with Crippen molar-refractivity contribution in [3.63, 3.8) is 0 Å². The molecule has 0 aliphatic carbocycles. The van der Waals surface area contributed by atoms with Gasteiger partial charge in [0, 0.05) is 12.2 Å². The maximum absolute atomic E-state index is 5.83. The van der Waals surface area contributed by atoms with E-state index in [0.717, 1.165) is 35.9 Å². The summed E-state index contributed by atoms with van der Waals surface area (Å²) in [7, 11) is 0. The first-order chi connectivity index (χ1) is 8.61. The van der Waals surface area contributed by atoms with Gasteiger partial charge in [-0.2, -0.15) is 5.10 Å². The van der Waals surface area contributed by atoms with Gasteiger partial charge in [-0.25, -0.2) is 0 Å². The van der Waals surface area contributed by atoms with Gasteiger partial charge in [-0.05, 0) is 39.4 Å². The summed E-state index contributed by atoms with van der Waals surface area (Å²) in [5.41, 5.74) is 2.08. The molecule has 2 rings (SSSR count). The van der Waals surface area contributed by atoms with Crippen LogP contribution in [0, 0.1) is 6.92 Å². The van der Waals surface area contributed by atoms with E-state index in [9.17, 15) is 0 Å². The van der Waals surface area contributed by atoms with Gasteiger partial charge in [0.25, 0.3) is 0 Å². The van der Waals surface area contributed by atoms with Gasteiger partial charge in [0.05, 0.1) is 17.8 Å². The second-order valence-corrected chi connectivity index (χ2v) is 4.75. The third kappa shape index (κ3) is 2.64. The Morgan fingerprint density at radius 3 is 2.78 bits per heavy atom. The molecule has 0 spiro atoms. The van der Waals surface area contributed by atoms with Gasteiger partial charge >= 0.3 is 0 Å². The minimum atomic E-state index is 0.369. The molecule has 0 aliphatic heterocycles. The zero-order chi connectivity index (χ0) is 13.1. The van der Waals surface area contributed by atoms with Crippen molar-refractivity contribution in [2.75, 3.05) is 6.54 Å². The van der Waals surface area contributed by atoms with Crippen LogP contribution in [0.2, 0.25) is 0 Å². The molecule has 2 heterocycles. The average molecular weight is 247 g/mol. The second-order valence-electron chi connectivity index (χ2n) is 4.75. The summed E-state index contributed by atoms with van der Waals surface area (Å²) in [6.07, 6.45) is 2.05. The van der Waals surface area contributed by atoms with E-state index in [0.29, 0.717) is 6.04 Å². The maximum Gasteiger partial charge on any atom is 0.137 e. The predicted molar refractivity (Wildman–Crippen MR) is 72.4 cm³/mol. The smallest absolute Gasteiger partial charge is 0.137 e. The van der Waals surface area contributed by atoms with Crippen LogP contribution in [0.3, 0.4) is 0 Å². The highest BCUT2D eigenvalue weighted by Gasteiger charge is 2.12. The summed E-state index contributed by atoms with van der Waals surface area (Å²) < 4.78 is 7.80. The Hall–Kier alpha value is -1.55. The molecule has 0 aromatic carbocycles. The summed E-state index contributed by atoms with van der Waals surface area (Å²) in [4.78, 5) is 0. The monoisotopic (exact) mass is 247 g/mol. The van der Waals surface area contributed by atoms with Crippen LogP contribution in [-0.4, -0.2) is 16.3 Å². The average Bonchev–Trinajstić information content (AvgIpc) is 2.92. The fraction of sp³-hybridized carbons (Fsp3) is 0.500. The van der Waals surface area contributed by atoms with E-state index >= 15 is 0 Å². The molecule has 0 unspecified atom stereocenters. The zero-order valence-electron chi connectivity index (χ0n) is 11.5. The lowest BCUT2D eigenvalue weighted by Gasteiger charge is -2.02. The summed E-state index contributed by atoms with van der Waals surface area (Å²) >= 11 is 0. The lowest BCUT2D eigenvalue weighted by atomic mass is 10.2. The molecule has 18 heavy (non-hydrogen) atoms. The second kappa shape index (κ2) is 5.40. The van der Waals surface area contributed by atoms with Crippen molar-refractivity contribution in [3.05, 3.63) is 29.8 Å². The quantitative estimate of drug-likeness (QED) is 0.882. The molecule has 0 saturated heterocycles. The molecule has 0 aliphatic rings. The SMILES string of the molecule is CCNCc1ccc(-c2cn(C(C)C)nc2C)o1. The number of hydrogen-bond acceptors (Lipinski definition) is 3. The normalized spacial score (nSPS) is 11.4. The summed E-state index contributed by atoms with van der Waals surface area (Å²) in [5.74, 6) is 1.86. The van der Waals surface area contributed by atoms with Gasteiger partial charge in [0.2, 0.25) is 0 Å². The summed E-state index contributed by atoms with van der Waals surface area (Å²) in [6, 6.07) is 4.40. The number of nitrogens with one attached hydrogen (secondary N) is 1. The van der Waals surface area contributed by atoms with Gasteiger partial charge in [-0.3, -0.25) is 4.68 Å². The van der Waals surface area contributed by atoms with Crippen molar-refractivity contribution < 1.29 is 4.42 Å². The van der Waals surface area contributed by atoms with E-state index in [1.165, 1.54) is 0 Å². The summed E-state index contributed by atoms with van der Waals surface area (Å²) in [6.45, 7) is 10.1. The van der Waals surface area contributed by atoms with Crippen molar-refractivity contribution >= 4 is 0 Å². The van der Waals surface area contributed by atoms with E-state index in [2.05, 4.69) is 37.4 Å². The third-order valence-corrected chi connectivity index (χ3v) is 2.92. The van der Waals surface area contributed by atoms with Crippen molar-refractivity contribution in [1.82, 2.24) is 15.1 Å². The molecule has 0 atom stereocenters. The number of aromatic nitrogens is 2. The van der Waals surface area contributed by atoms with Gasteiger partial charge in [0.15, 0.2) is 0 Å². The van der Waals surface area contributed by atoms with Gasteiger partial charge < -0.3 is 9.73 Å². The van der Waals surface area contributed by atoms with Crippen molar-refractivity contribution in [1.29, 1.82) is 0 Å². The molecule has 0 amide bonds. The number of aryl methyl sites for hydroxylation is 1. The Morgan fingerprint density at radius 2 is 2.17 bits per heavy atom. The molecule has 0 bridgehead atoms. The van der Waals surface area contributed by atoms with Crippen LogP contribution in [0.4, 0.5) is 0 Å². The van der Waals surface area contributed by atoms with Crippen LogP contribution in [-0.2, 0) is 6.54 Å². The van der Waals surface area contributed by atoms with Gasteiger partial charge in [-0.1, -0.05) is 6.92 Å². The largest absolute Gasteiger partial charge is 0.460 e. The van der Waals surface area contributed by atoms with Gasteiger partial charge in [0.1, 0.15) is 11.5 Å². The Balaban J connectivity index is 2.22. The lowest BCUT2D eigenvalue weighted by Crippen LogP contribution is -2.10. The molecule has 2 aromatic heterocycles. The zero-order valence-corrected chi connectivity index (χ0v) is 11.5. The molecule has 0 saturated carbocycles. The minimum absolute atomic E-state index is 0.369. The van der Waals surface area contributed by atoms with Crippen LogP contribution < -0.4 is 5.32 Å². The molecule has 2 aromatic rings. The molecular weight excluding hydrogens is 226 g/mol. The van der Waals surface area contributed by atoms with Crippen LogP contribution in [0.5, 0.6) is 0 Å². The highest BCUT2D eigenvalue weighted by molar-refractivity contribution is 5.59. The Kier molecular flexibility index (Phi) is 3.87. The summed E-state index contributed by atoms with van der Waals surface area (Å²) in [5, 5.41) is 7.75. The van der Waals surface area contributed by atoms with E-state index in [1.807, 2.05) is 23.7 Å². The molecule has 0 radical (unpaired) electrons. The number of nitrogens with zero attached hydrogens (tertiary/aromatic N) is 2. The van der Waals surface area contributed by atoms with Crippen LogP contribution in [0.1, 0.15) is 38.3 Å². The van der Waals surface area contributed by atoms with Crippen LogP contribution >= 0.6 is 0 Å². The topological polar surface area (TPSA) is 43.0 Å². The maximum atomic E-state index is 5.83. The highest BCUT2D eigenvalue weighted by atomic mass is 16.3. The predicted octanol–water partition coefficient (Wildman–Crippen LogP) is 3.14. The Morgan fingerprint density at radius 1 is 1.39 bits per heavy atom. The molecular formula is C14H21N3O. The minimum Gasteiger partial charge on any atom is -0.460 e. The molecule has 0 fully saturated rings. The van der Waals surface area contributed by atoms with Crippen molar-refractivity contribution in [2.45, 2.75) is 40.3 Å². The number of furan rings is 1. The molecule has 1 N–H and O–H groups in total. The van der Waals surface area contributed by atoms with Gasteiger partial charge in [-0.15, -0.1) is 0 Å². The van der Waals surface area contributed by atoms with E-state index in [1.54, 1.807) is 0 Å². The first-order valence-electron chi connectivity index (χ1n) is 6.47. The molecule has 98 valence electrons. The van der Waals surface area contributed by atoms with E-state index in [4.69, 9.17) is 4.42 Å². The lowest BCUT2D eigenvalue weighted by molar-refractivity contribution is 0.498. The number of rotatable bonds is 5. The fourth-order valence-electron chi connectivity index (χ4n) is 1.85. The van der Waals surface area contributed by atoms with Crippen LogP contribution in [0.25, 0.3) is 11.3 Å². The molecule has 4 nitrogen and oxygen atoms in total. The fourth-order valence-corrected chi connectivity index (χ4v) is 1.85. The third-order valence-electron chi connectivity index (χ3n) is 2.92. The Bertz CT molecular complexity index is 511. The van der Waals surface area contributed by atoms with Crippen LogP contribution in [0.15, 0.2) is 22.7 Å². The van der Waals surface area contributed by atoms with E-state index in [-0.39, 0.29) is 0 Å². The first-order valence-corrected chi connectivity index (χ1v) is 6.47. The van der Waals surface area contributed by atoms with E-state index < -0.39 is 0 Å². The first kappa shape index (κ1) is 12.9. The Labute approximate surface area is 108 Å². The molecule has 4 heteroatoms. The van der Waals surface area contributed by atoms with Crippen molar-refractivity contribution in [3.8, 4) is 11.3 Å². The van der Waals surface area contributed by atoms with Crippen molar-refractivity contribution in [2.24, 2.45) is 0 Å².